The van der Waals surface area contributed by atoms with Crippen LogP contribution in [0.15, 0.2) is 0 Å². The van der Waals surface area contributed by atoms with E-state index in [4.69, 9.17) is 0 Å². The second-order valence-corrected chi connectivity index (χ2v) is 6.62. The van der Waals surface area contributed by atoms with Gasteiger partial charge in [-0.25, -0.2) is 4.79 Å². The highest BCUT2D eigenvalue weighted by molar-refractivity contribution is 7.16. The lowest BCUT2D eigenvalue weighted by atomic mass is 10.1. The predicted octanol–water partition coefficient (Wildman–Crippen LogP) is 3.09. The van der Waals surface area contributed by atoms with Crippen molar-refractivity contribution in [3.63, 3.8) is 0 Å². The molecule has 0 aliphatic rings. The number of carbonyl (C=O) groups is 3. The van der Waals surface area contributed by atoms with Gasteiger partial charge in [-0.2, -0.15) is 0 Å². The number of amides is 2. The maximum absolute atomic E-state index is 12.5. The number of hydrogen-bond donors (Lipinski definition) is 3. The van der Waals surface area contributed by atoms with Crippen LogP contribution in [0.4, 0.5) is 5.00 Å². The zero-order valence-corrected chi connectivity index (χ0v) is 14.8. The van der Waals surface area contributed by atoms with Gasteiger partial charge in [-0.3, -0.25) is 9.59 Å². The van der Waals surface area contributed by atoms with Crippen LogP contribution in [0.1, 0.15) is 60.3 Å². The average molecular weight is 340 g/mol. The highest BCUT2D eigenvalue weighted by Gasteiger charge is 2.25. The number of carboxylic acids is 1. The van der Waals surface area contributed by atoms with Crippen molar-refractivity contribution in [2.24, 2.45) is 0 Å². The molecule has 1 atom stereocenters. The quantitative estimate of drug-likeness (QED) is 0.677. The lowest BCUT2D eigenvalue weighted by Crippen LogP contribution is -2.41. The minimum atomic E-state index is -1.05. The molecule has 128 valence electrons. The van der Waals surface area contributed by atoms with Gasteiger partial charge in [-0.15, -0.1) is 11.3 Å². The summed E-state index contributed by atoms with van der Waals surface area (Å²) in [6.07, 6.45) is 2.27. The number of anilines is 1. The molecule has 23 heavy (non-hydrogen) atoms. The molecule has 0 aromatic carbocycles. The van der Waals surface area contributed by atoms with Gasteiger partial charge >= 0.3 is 5.97 Å². The van der Waals surface area contributed by atoms with Crippen molar-refractivity contribution in [3.05, 3.63) is 16.0 Å². The van der Waals surface area contributed by atoms with Gasteiger partial charge in [0.25, 0.3) is 5.91 Å². The van der Waals surface area contributed by atoms with Gasteiger partial charge in [0.2, 0.25) is 5.91 Å². The van der Waals surface area contributed by atoms with Crippen molar-refractivity contribution in [1.82, 2.24) is 5.32 Å². The van der Waals surface area contributed by atoms with Gasteiger partial charge in [0.05, 0.1) is 5.56 Å². The van der Waals surface area contributed by atoms with Gasteiger partial charge in [0, 0.05) is 11.3 Å². The number of carbonyl (C=O) groups excluding carboxylic acids is 2. The molecule has 0 aliphatic carbocycles. The highest BCUT2D eigenvalue weighted by atomic mass is 32.1. The van der Waals surface area contributed by atoms with Crippen LogP contribution in [0, 0.1) is 13.8 Å². The van der Waals surface area contributed by atoms with E-state index in [1.807, 2.05) is 13.8 Å². The van der Waals surface area contributed by atoms with E-state index < -0.39 is 17.9 Å². The van der Waals surface area contributed by atoms with Gasteiger partial charge in [0.1, 0.15) is 11.0 Å². The van der Waals surface area contributed by atoms with Crippen LogP contribution < -0.4 is 10.6 Å². The van der Waals surface area contributed by atoms with Gasteiger partial charge in [-0.1, -0.05) is 26.7 Å². The number of unbranched alkanes of at least 4 members (excludes halogenated alkanes) is 1. The molecule has 1 aromatic heterocycles. The normalized spacial score (nSPS) is 11.8. The average Bonchev–Trinajstić information content (AvgIpc) is 2.77. The fourth-order valence-corrected chi connectivity index (χ4v) is 3.17. The van der Waals surface area contributed by atoms with E-state index in [-0.39, 0.29) is 5.91 Å². The number of aliphatic carboxylic acids is 1. The van der Waals surface area contributed by atoms with Crippen molar-refractivity contribution in [1.29, 1.82) is 0 Å². The Balaban J connectivity index is 3.01. The summed E-state index contributed by atoms with van der Waals surface area (Å²) >= 11 is 1.33. The molecule has 0 aliphatic heterocycles. The first kappa shape index (κ1) is 19.2. The molecular weight excluding hydrogens is 316 g/mol. The molecule has 1 heterocycles. The summed E-state index contributed by atoms with van der Waals surface area (Å²) in [6.45, 7) is 7.35. The van der Waals surface area contributed by atoms with Crippen LogP contribution >= 0.6 is 11.3 Å². The SMILES string of the molecule is CCCCC(NC(=O)c1c(NC(=O)CC)sc(C)c1C)C(=O)O. The monoisotopic (exact) mass is 340 g/mol. The molecule has 1 unspecified atom stereocenters. The van der Waals surface area contributed by atoms with Crippen molar-refractivity contribution < 1.29 is 19.5 Å². The van der Waals surface area contributed by atoms with Crippen LogP contribution in [0.5, 0.6) is 0 Å². The number of nitrogens with one attached hydrogen (secondary N) is 2. The Morgan fingerprint density at radius 2 is 1.87 bits per heavy atom. The number of hydrogen-bond acceptors (Lipinski definition) is 4. The fourth-order valence-electron chi connectivity index (χ4n) is 2.10. The standard InChI is InChI=1S/C16H24N2O4S/c1-5-7-8-11(16(21)22)17-14(20)13-9(3)10(4)23-15(13)18-12(19)6-2/h11H,5-8H2,1-4H3,(H,17,20)(H,18,19)(H,21,22). The number of rotatable bonds is 8. The Bertz CT molecular complexity index is 595. The maximum Gasteiger partial charge on any atom is 0.326 e. The van der Waals surface area contributed by atoms with E-state index in [0.717, 1.165) is 23.3 Å². The lowest BCUT2D eigenvalue weighted by molar-refractivity contribution is -0.139. The molecule has 1 rings (SSSR count). The van der Waals surface area contributed by atoms with Crippen molar-refractivity contribution in [2.75, 3.05) is 5.32 Å². The Kier molecular flexibility index (Phi) is 7.22. The smallest absolute Gasteiger partial charge is 0.326 e. The Hall–Kier alpha value is -1.89. The van der Waals surface area contributed by atoms with E-state index in [1.54, 1.807) is 13.8 Å². The summed E-state index contributed by atoms with van der Waals surface area (Å²) in [5.41, 5.74) is 1.12. The summed E-state index contributed by atoms with van der Waals surface area (Å²) in [4.78, 5) is 36.4. The molecule has 7 heteroatoms. The Labute approximate surface area is 140 Å². The first-order chi connectivity index (χ1) is 10.8. The minimum Gasteiger partial charge on any atom is -0.480 e. The molecule has 3 N–H and O–H groups in total. The van der Waals surface area contributed by atoms with E-state index in [2.05, 4.69) is 10.6 Å². The second-order valence-electron chi connectivity index (χ2n) is 5.40. The summed E-state index contributed by atoms with van der Waals surface area (Å²) in [6, 6.07) is -0.920. The van der Waals surface area contributed by atoms with Crippen LogP contribution in [-0.2, 0) is 9.59 Å². The highest BCUT2D eigenvalue weighted by Crippen LogP contribution is 2.32. The fraction of sp³-hybridized carbons (Fsp3) is 0.562. The zero-order chi connectivity index (χ0) is 17.6. The van der Waals surface area contributed by atoms with Gasteiger partial charge in [-0.05, 0) is 25.8 Å². The summed E-state index contributed by atoms with van der Waals surface area (Å²) < 4.78 is 0. The first-order valence-corrected chi connectivity index (χ1v) is 8.56. The molecule has 6 nitrogen and oxygen atoms in total. The summed E-state index contributed by atoms with van der Waals surface area (Å²) in [5, 5.41) is 15.0. The Morgan fingerprint density at radius 3 is 2.39 bits per heavy atom. The third kappa shape index (κ3) is 5.06. The molecule has 0 radical (unpaired) electrons. The van der Waals surface area contributed by atoms with E-state index in [1.165, 1.54) is 11.3 Å². The molecule has 0 fully saturated rings. The van der Waals surface area contributed by atoms with Crippen molar-refractivity contribution >= 4 is 34.1 Å². The van der Waals surface area contributed by atoms with Crippen molar-refractivity contribution in [2.45, 2.75) is 59.4 Å². The minimum absolute atomic E-state index is 0.180. The summed E-state index contributed by atoms with van der Waals surface area (Å²) in [7, 11) is 0. The zero-order valence-electron chi connectivity index (χ0n) is 14.0. The molecule has 2 amide bonds. The van der Waals surface area contributed by atoms with E-state index in [9.17, 15) is 19.5 Å². The van der Waals surface area contributed by atoms with Crippen molar-refractivity contribution in [3.8, 4) is 0 Å². The van der Waals surface area contributed by atoms with Crippen LogP contribution in [-0.4, -0.2) is 28.9 Å². The van der Waals surface area contributed by atoms with Gasteiger partial charge in [0.15, 0.2) is 0 Å². The van der Waals surface area contributed by atoms with Crippen LogP contribution in [0.2, 0.25) is 0 Å². The number of aryl methyl sites for hydroxylation is 1. The third-order valence-corrected chi connectivity index (χ3v) is 4.76. The Morgan fingerprint density at radius 1 is 1.22 bits per heavy atom. The topological polar surface area (TPSA) is 95.5 Å². The van der Waals surface area contributed by atoms with Crippen LogP contribution in [0.3, 0.4) is 0 Å². The lowest BCUT2D eigenvalue weighted by Gasteiger charge is -2.15. The van der Waals surface area contributed by atoms with E-state index >= 15 is 0 Å². The maximum atomic E-state index is 12.5. The molecule has 0 bridgehead atoms. The third-order valence-electron chi connectivity index (χ3n) is 3.64. The summed E-state index contributed by atoms with van der Waals surface area (Å²) in [5.74, 6) is -1.68. The molecule has 0 saturated carbocycles. The van der Waals surface area contributed by atoms with Gasteiger partial charge < -0.3 is 15.7 Å². The molecule has 0 saturated heterocycles. The first-order valence-electron chi connectivity index (χ1n) is 7.75. The second kappa shape index (κ2) is 8.67. The number of thiophene rings is 1. The molecule has 1 aromatic rings. The number of carboxylic acid groups (broad SMARTS) is 1. The predicted molar refractivity (Wildman–Crippen MR) is 91.1 cm³/mol. The van der Waals surface area contributed by atoms with Crippen LogP contribution in [0.25, 0.3) is 0 Å². The molecule has 0 spiro atoms. The largest absolute Gasteiger partial charge is 0.480 e. The molecular formula is C16H24N2O4S. The van der Waals surface area contributed by atoms with E-state index in [0.29, 0.717) is 23.4 Å².